The minimum absolute atomic E-state index is 0.00357. The van der Waals surface area contributed by atoms with Gasteiger partial charge in [0, 0.05) is 32.7 Å². The Hall–Kier alpha value is -2.70. The summed E-state index contributed by atoms with van der Waals surface area (Å²) in [6.07, 6.45) is 1.92. The number of aromatic hydroxyl groups is 1. The van der Waals surface area contributed by atoms with Gasteiger partial charge in [-0.15, -0.1) is 0 Å². The van der Waals surface area contributed by atoms with E-state index in [1.165, 1.54) is 24.0 Å². The Kier molecular flexibility index (Phi) is 11.4. The minimum Gasteiger partial charge on any atom is -0.508 e. The van der Waals surface area contributed by atoms with Crippen LogP contribution in [-0.2, 0) is 25.6 Å². The van der Waals surface area contributed by atoms with Crippen molar-refractivity contribution in [2.45, 2.75) is 79.7 Å². The average Bonchev–Trinajstić information content (AvgIpc) is 2.71. The van der Waals surface area contributed by atoms with Gasteiger partial charge in [-0.05, 0) is 48.3 Å². The number of carbonyl (C=O) groups is 4. The summed E-state index contributed by atoms with van der Waals surface area (Å²) in [5.74, 6) is -1.04. The largest absolute Gasteiger partial charge is 0.508 e. The molecular formula is C27H42N2O5. The molecule has 0 aromatic heterocycles. The van der Waals surface area contributed by atoms with Gasteiger partial charge in [-0.1, -0.05) is 46.8 Å². The Labute approximate surface area is 204 Å². The predicted octanol–water partition coefficient (Wildman–Crippen LogP) is 3.91. The number of phenolic OH excluding ortho intramolecular Hbond substituents is 1. The molecule has 0 fully saturated rings. The molecule has 0 aliphatic carbocycles. The molecule has 2 N–H and O–H groups in total. The molecule has 0 bridgehead atoms. The van der Waals surface area contributed by atoms with Crippen molar-refractivity contribution in [3.63, 3.8) is 0 Å². The second kappa shape index (κ2) is 13.3. The zero-order valence-corrected chi connectivity index (χ0v) is 21.8. The summed E-state index contributed by atoms with van der Waals surface area (Å²) in [4.78, 5) is 52.0. The SMILES string of the molecule is CC(C)C[C@@H](CC(=O)[C@H](Cc1ccc(O)cc1)NC([14CH3])=O)C(=O)N(C)CC(=O)CCC(C)(C)C. The molecule has 1 aromatic carbocycles. The van der Waals surface area contributed by atoms with Crippen molar-refractivity contribution in [2.24, 2.45) is 17.3 Å². The van der Waals surface area contributed by atoms with Gasteiger partial charge in [0.05, 0.1) is 12.6 Å². The number of nitrogens with one attached hydrogen (secondary N) is 1. The summed E-state index contributed by atoms with van der Waals surface area (Å²) in [5.41, 5.74) is 0.833. The highest BCUT2D eigenvalue weighted by molar-refractivity contribution is 5.93. The van der Waals surface area contributed by atoms with Gasteiger partial charge in [0.2, 0.25) is 11.8 Å². The second-order valence-electron chi connectivity index (χ2n) is 10.9. The quantitative estimate of drug-likeness (QED) is 0.449. The molecule has 0 unspecified atom stereocenters. The van der Waals surface area contributed by atoms with Crippen molar-refractivity contribution >= 4 is 23.4 Å². The fraction of sp³-hybridized carbons (Fsp3) is 0.630. The standard InChI is InChI=1S/C27H42N2O5/c1-18(2)14-21(26(34)29(7)17-23(32)12-13-27(4,5)6)16-25(33)24(28-19(3)30)15-20-8-10-22(31)11-9-20/h8-11,18,21,24,31H,12-17H2,1-7H3,(H,28,30)/t21-,24-/m0/s1/i3+2. The molecule has 34 heavy (non-hydrogen) atoms. The van der Waals surface area contributed by atoms with Crippen LogP contribution in [0, 0.1) is 17.3 Å². The first-order valence-electron chi connectivity index (χ1n) is 12.0. The lowest BCUT2D eigenvalue weighted by molar-refractivity contribution is -0.140. The number of carbonyl (C=O) groups excluding carboxylic acids is 4. The van der Waals surface area contributed by atoms with Crippen LogP contribution >= 0.6 is 0 Å². The molecule has 0 aliphatic heterocycles. The molecule has 2 amide bonds. The van der Waals surface area contributed by atoms with Crippen LogP contribution in [-0.4, -0.2) is 53.0 Å². The lowest BCUT2D eigenvalue weighted by Gasteiger charge is -2.26. The highest BCUT2D eigenvalue weighted by Gasteiger charge is 2.30. The summed E-state index contributed by atoms with van der Waals surface area (Å²) in [6.45, 7) is 11.6. The maximum atomic E-state index is 13.2. The van der Waals surface area contributed by atoms with E-state index in [0.29, 0.717) is 12.8 Å². The van der Waals surface area contributed by atoms with Gasteiger partial charge < -0.3 is 15.3 Å². The highest BCUT2D eigenvalue weighted by Crippen LogP contribution is 2.22. The number of likely N-dealkylation sites (N-methyl/N-ethyl adjacent to an activating group) is 1. The maximum absolute atomic E-state index is 13.2. The van der Waals surface area contributed by atoms with Crippen molar-refractivity contribution in [1.82, 2.24) is 10.2 Å². The molecule has 190 valence electrons. The highest BCUT2D eigenvalue weighted by atomic mass is 16.3. The lowest BCUT2D eigenvalue weighted by Crippen LogP contribution is -2.44. The van der Waals surface area contributed by atoms with E-state index in [4.69, 9.17) is 0 Å². The van der Waals surface area contributed by atoms with E-state index in [9.17, 15) is 24.3 Å². The molecule has 7 nitrogen and oxygen atoms in total. The van der Waals surface area contributed by atoms with E-state index in [0.717, 1.165) is 12.0 Å². The number of ketones is 2. The fourth-order valence-corrected chi connectivity index (χ4v) is 3.83. The number of benzene rings is 1. The van der Waals surface area contributed by atoms with Gasteiger partial charge in [-0.2, -0.15) is 0 Å². The van der Waals surface area contributed by atoms with Crippen LogP contribution in [0.5, 0.6) is 5.75 Å². The number of nitrogens with zero attached hydrogens (tertiary/aromatic N) is 1. The molecule has 0 spiro atoms. The third kappa shape index (κ3) is 11.4. The third-order valence-corrected chi connectivity index (χ3v) is 5.64. The minimum atomic E-state index is -0.775. The van der Waals surface area contributed by atoms with E-state index in [1.54, 1.807) is 19.2 Å². The third-order valence-electron chi connectivity index (χ3n) is 5.64. The second-order valence-corrected chi connectivity index (χ2v) is 10.9. The van der Waals surface area contributed by atoms with Crippen LogP contribution < -0.4 is 5.32 Å². The summed E-state index contributed by atoms with van der Waals surface area (Å²) in [7, 11) is 1.61. The van der Waals surface area contributed by atoms with Crippen LogP contribution in [0.25, 0.3) is 0 Å². The fourth-order valence-electron chi connectivity index (χ4n) is 3.83. The predicted molar refractivity (Wildman–Crippen MR) is 133 cm³/mol. The first-order chi connectivity index (χ1) is 15.7. The van der Waals surface area contributed by atoms with Crippen LogP contribution in [0.3, 0.4) is 0 Å². The molecule has 7 heteroatoms. The van der Waals surface area contributed by atoms with Crippen molar-refractivity contribution in [3.8, 4) is 5.75 Å². The average molecular weight is 477 g/mol. The zero-order chi connectivity index (χ0) is 26.1. The number of Topliss-reactive ketones (excluding diaryl/α,β-unsaturated/α-hetero) is 2. The monoisotopic (exact) mass is 476 g/mol. The first-order valence-corrected chi connectivity index (χ1v) is 12.0. The molecule has 0 aliphatic rings. The Bertz CT molecular complexity index is 840. The molecule has 1 aromatic rings. The Morgan fingerprint density at radius 1 is 1.09 bits per heavy atom. The molecule has 0 heterocycles. The Morgan fingerprint density at radius 3 is 2.18 bits per heavy atom. The first kappa shape index (κ1) is 29.3. The topological polar surface area (TPSA) is 104 Å². The summed E-state index contributed by atoms with van der Waals surface area (Å²) in [5, 5.41) is 12.2. The van der Waals surface area contributed by atoms with Gasteiger partial charge in [0.15, 0.2) is 11.6 Å². The molecule has 0 radical (unpaired) electrons. The lowest BCUT2D eigenvalue weighted by atomic mass is 9.87. The molecule has 0 saturated carbocycles. The molecular weight excluding hydrogens is 434 g/mol. The summed E-state index contributed by atoms with van der Waals surface area (Å²) < 4.78 is 0. The van der Waals surface area contributed by atoms with E-state index in [-0.39, 0.29) is 59.8 Å². The van der Waals surface area contributed by atoms with Gasteiger partial charge in [0.25, 0.3) is 0 Å². The Balaban J connectivity index is 2.92. The van der Waals surface area contributed by atoms with Crippen LogP contribution in [0.4, 0.5) is 0 Å². The number of phenols is 1. The smallest absolute Gasteiger partial charge is 0.226 e. The summed E-state index contributed by atoms with van der Waals surface area (Å²) >= 11 is 0. The van der Waals surface area contributed by atoms with Crippen LogP contribution in [0.1, 0.15) is 72.8 Å². The van der Waals surface area contributed by atoms with E-state index >= 15 is 0 Å². The van der Waals surface area contributed by atoms with Crippen molar-refractivity contribution < 1.29 is 24.3 Å². The van der Waals surface area contributed by atoms with Crippen molar-refractivity contribution in [3.05, 3.63) is 29.8 Å². The molecule has 0 saturated heterocycles. The van der Waals surface area contributed by atoms with E-state index in [2.05, 4.69) is 26.1 Å². The molecule has 1 rings (SSSR count). The maximum Gasteiger partial charge on any atom is 0.226 e. The van der Waals surface area contributed by atoms with E-state index < -0.39 is 12.0 Å². The normalized spacial score (nSPS) is 13.3. The van der Waals surface area contributed by atoms with E-state index in [1.807, 2.05) is 13.8 Å². The molecule has 2 atom stereocenters. The number of rotatable bonds is 13. The van der Waals surface area contributed by atoms with Crippen LogP contribution in [0.15, 0.2) is 24.3 Å². The van der Waals surface area contributed by atoms with Crippen LogP contribution in [0.2, 0.25) is 0 Å². The van der Waals surface area contributed by atoms with Crippen molar-refractivity contribution in [1.29, 1.82) is 0 Å². The van der Waals surface area contributed by atoms with Gasteiger partial charge >= 0.3 is 0 Å². The van der Waals surface area contributed by atoms with Gasteiger partial charge in [-0.25, -0.2) is 0 Å². The van der Waals surface area contributed by atoms with Gasteiger partial charge in [0.1, 0.15) is 5.75 Å². The van der Waals surface area contributed by atoms with Crippen molar-refractivity contribution in [2.75, 3.05) is 13.6 Å². The Morgan fingerprint density at radius 2 is 1.68 bits per heavy atom. The zero-order valence-electron chi connectivity index (χ0n) is 21.8. The number of hydrogen-bond donors (Lipinski definition) is 2. The summed E-state index contributed by atoms with van der Waals surface area (Å²) in [6, 6.07) is 5.68. The number of hydrogen-bond acceptors (Lipinski definition) is 5. The number of amides is 2. The van der Waals surface area contributed by atoms with Gasteiger partial charge in [-0.3, -0.25) is 19.2 Å².